The number of Topliss-reactive ketones (excluding diaryl/α,β-unsaturated/α-hetero) is 1. The molecular weight excluding hydrogens is 349 g/mol. The molecule has 1 aliphatic rings. The van der Waals surface area contributed by atoms with E-state index in [0.717, 1.165) is 24.8 Å². The normalized spacial score (nSPS) is 25.3. The molecule has 2 nitrogen and oxygen atoms in total. The summed E-state index contributed by atoms with van der Waals surface area (Å²) >= 11 is 8.48. The minimum absolute atomic E-state index is 0.286. The molecule has 0 bridgehead atoms. The fourth-order valence-electron chi connectivity index (χ4n) is 2.59. The van der Waals surface area contributed by atoms with Gasteiger partial charge in [0.05, 0.1) is 0 Å². The third kappa shape index (κ3) is 2.25. The number of carbonyl (C=O) groups excluding carboxylic acids is 1. The smallest absolute Gasteiger partial charge is 0.158 e. The van der Waals surface area contributed by atoms with Gasteiger partial charge in [-0.1, -0.05) is 36.2 Å². The van der Waals surface area contributed by atoms with E-state index in [4.69, 9.17) is 11.6 Å². The number of nitrogens with zero attached hydrogens (tertiary/aromatic N) is 1. The fraction of sp³-hybridized carbons (Fsp3) is 0.462. The Morgan fingerprint density at radius 2 is 2.06 bits per heavy atom. The highest BCUT2D eigenvalue weighted by Gasteiger charge is 2.45. The Bertz CT molecular complexity index is 435. The van der Waals surface area contributed by atoms with E-state index in [1.807, 2.05) is 34.4 Å². The Morgan fingerprint density at radius 1 is 1.35 bits per heavy atom. The summed E-state index contributed by atoms with van der Waals surface area (Å²) in [6.07, 6.45) is 3.58. The molecule has 0 aliphatic heterocycles. The lowest BCUT2D eigenvalue weighted by Crippen LogP contribution is -2.47. The average molecular weight is 364 g/mol. The van der Waals surface area contributed by atoms with Crippen LogP contribution in [0.4, 0.5) is 0 Å². The number of carbonyl (C=O) groups is 1. The quantitative estimate of drug-likeness (QED) is 0.585. The Labute approximate surface area is 121 Å². The lowest BCUT2D eigenvalue weighted by molar-refractivity contribution is -0.130. The first-order chi connectivity index (χ1) is 8.09. The highest BCUT2D eigenvalue weighted by atomic mass is 127. The Hall–Kier alpha value is -0.130. The van der Waals surface area contributed by atoms with Gasteiger partial charge in [0.15, 0.2) is 5.78 Å². The molecule has 0 radical (unpaired) electrons. The van der Waals surface area contributed by atoms with Gasteiger partial charge >= 0.3 is 0 Å². The molecule has 1 atom stereocenters. The topological polar surface area (TPSA) is 20.3 Å². The number of ketones is 1. The second kappa shape index (κ2) is 5.24. The molecule has 0 unspecified atom stereocenters. The molecule has 0 aromatic heterocycles. The van der Waals surface area contributed by atoms with Crippen molar-refractivity contribution >= 4 is 40.2 Å². The van der Waals surface area contributed by atoms with E-state index in [1.54, 1.807) is 0 Å². The number of benzene rings is 1. The van der Waals surface area contributed by atoms with Crippen LogP contribution in [-0.2, 0) is 10.3 Å². The van der Waals surface area contributed by atoms with Crippen molar-refractivity contribution in [2.75, 3.05) is 7.05 Å². The van der Waals surface area contributed by atoms with E-state index in [1.165, 1.54) is 0 Å². The first-order valence-corrected chi connectivity index (χ1v) is 7.11. The molecule has 2 rings (SSSR count). The van der Waals surface area contributed by atoms with E-state index >= 15 is 0 Å². The maximum atomic E-state index is 12.4. The van der Waals surface area contributed by atoms with Crippen LogP contribution in [0.1, 0.15) is 31.2 Å². The van der Waals surface area contributed by atoms with Gasteiger partial charge in [-0.25, -0.2) is 3.11 Å². The average Bonchev–Trinajstić information content (AvgIpc) is 2.30. The molecule has 1 aromatic rings. The van der Waals surface area contributed by atoms with Gasteiger partial charge in [0.25, 0.3) is 0 Å². The second-order valence-corrected chi connectivity index (χ2v) is 6.30. The number of rotatable bonds is 2. The summed E-state index contributed by atoms with van der Waals surface area (Å²) in [5, 5.41) is 0.686. The van der Waals surface area contributed by atoms with E-state index in [2.05, 4.69) is 22.9 Å². The SMILES string of the molecule is CN(I)[C@]1(c2ccccc2Cl)CCCCC1=O. The fourth-order valence-corrected chi connectivity index (χ4v) is 3.65. The summed E-state index contributed by atoms with van der Waals surface area (Å²) in [6.45, 7) is 0. The highest BCUT2D eigenvalue weighted by Crippen LogP contribution is 2.43. The van der Waals surface area contributed by atoms with Crippen molar-refractivity contribution in [2.45, 2.75) is 31.2 Å². The van der Waals surface area contributed by atoms with Crippen LogP contribution in [0.3, 0.4) is 0 Å². The van der Waals surface area contributed by atoms with Crippen molar-refractivity contribution in [3.8, 4) is 0 Å². The van der Waals surface area contributed by atoms with Crippen molar-refractivity contribution in [3.63, 3.8) is 0 Å². The minimum atomic E-state index is -0.531. The van der Waals surface area contributed by atoms with Gasteiger partial charge < -0.3 is 0 Å². The summed E-state index contributed by atoms with van der Waals surface area (Å²) in [4.78, 5) is 12.4. The van der Waals surface area contributed by atoms with Gasteiger partial charge in [0.2, 0.25) is 0 Å². The van der Waals surface area contributed by atoms with Crippen LogP contribution >= 0.6 is 34.5 Å². The molecular formula is C13H15ClINO. The number of hydrogen-bond acceptors (Lipinski definition) is 2. The Morgan fingerprint density at radius 3 is 2.65 bits per heavy atom. The van der Waals surface area contributed by atoms with Gasteiger partial charge in [-0.15, -0.1) is 0 Å². The Balaban J connectivity index is 2.55. The summed E-state index contributed by atoms with van der Waals surface area (Å²) in [7, 11) is 1.95. The van der Waals surface area contributed by atoms with Gasteiger partial charge in [0.1, 0.15) is 5.54 Å². The molecule has 1 saturated carbocycles. The van der Waals surface area contributed by atoms with Crippen molar-refractivity contribution in [1.29, 1.82) is 0 Å². The van der Waals surface area contributed by atoms with Crippen LogP contribution in [0.5, 0.6) is 0 Å². The molecule has 0 saturated heterocycles. The third-order valence-corrected chi connectivity index (χ3v) is 4.65. The van der Waals surface area contributed by atoms with Crippen molar-refractivity contribution in [2.24, 2.45) is 0 Å². The zero-order valence-corrected chi connectivity index (χ0v) is 12.7. The first kappa shape index (κ1) is 13.3. The maximum Gasteiger partial charge on any atom is 0.158 e. The third-order valence-electron chi connectivity index (χ3n) is 3.50. The zero-order chi connectivity index (χ0) is 12.5. The summed E-state index contributed by atoms with van der Waals surface area (Å²) < 4.78 is 1.99. The van der Waals surface area contributed by atoms with E-state index in [9.17, 15) is 4.79 Å². The monoisotopic (exact) mass is 363 g/mol. The standard InChI is InChI=1S/C13H15ClINO/c1-16(15)13(9-5-4-8-12(13)17)10-6-2-3-7-11(10)14/h2-3,6-7H,4-5,8-9H2,1H3/t13-/m0/s1. The largest absolute Gasteiger partial charge is 0.297 e. The highest BCUT2D eigenvalue weighted by molar-refractivity contribution is 14.1. The molecule has 0 heterocycles. The molecule has 17 heavy (non-hydrogen) atoms. The molecule has 1 aromatic carbocycles. The number of likely N-dealkylation sites (N-methyl/N-ethyl adjacent to an activating group) is 1. The van der Waals surface area contributed by atoms with Gasteiger partial charge in [-0.3, -0.25) is 4.79 Å². The van der Waals surface area contributed by atoms with E-state index < -0.39 is 5.54 Å². The first-order valence-electron chi connectivity index (χ1n) is 5.77. The summed E-state index contributed by atoms with van der Waals surface area (Å²) in [5.74, 6) is 0.286. The van der Waals surface area contributed by atoms with Crippen molar-refractivity contribution in [1.82, 2.24) is 3.11 Å². The number of hydrogen-bond donors (Lipinski definition) is 0. The van der Waals surface area contributed by atoms with Crippen LogP contribution in [0.25, 0.3) is 0 Å². The second-order valence-electron chi connectivity index (χ2n) is 4.45. The predicted octanol–water partition coefficient (Wildman–Crippen LogP) is 3.96. The van der Waals surface area contributed by atoms with Gasteiger partial charge in [-0.05, 0) is 31.5 Å². The van der Waals surface area contributed by atoms with Crippen LogP contribution in [0.15, 0.2) is 24.3 Å². The lowest BCUT2D eigenvalue weighted by Gasteiger charge is -2.40. The van der Waals surface area contributed by atoms with Crippen LogP contribution < -0.4 is 0 Å². The molecule has 1 aliphatic carbocycles. The predicted molar refractivity (Wildman–Crippen MR) is 78.4 cm³/mol. The van der Waals surface area contributed by atoms with Crippen LogP contribution in [-0.4, -0.2) is 15.9 Å². The molecule has 92 valence electrons. The maximum absolute atomic E-state index is 12.4. The van der Waals surface area contributed by atoms with Crippen molar-refractivity contribution < 1.29 is 4.79 Å². The van der Waals surface area contributed by atoms with Gasteiger partial charge in [0, 0.05) is 34.3 Å². The summed E-state index contributed by atoms with van der Waals surface area (Å²) in [6, 6.07) is 7.69. The van der Waals surface area contributed by atoms with Crippen LogP contribution in [0, 0.1) is 0 Å². The minimum Gasteiger partial charge on any atom is -0.297 e. The van der Waals surface area contributed by atoms with E-state index in [0.29, 0.717) is 11.4 Å². The van der Waals surface area contributed by atoms with E-state index in [-0.39, 0.29) is 5.78 Å². The molecule has 0 amide bonds. The van der Waals surface area contributed by atoms with Gasteiger partial charge in [-0.2, -0.15) is 0 Å². The van der Waals surface area contributed by atoms with Crippen molar-refractivity contribution in [3.05, 3.63) is 34.9 Å². The zero-order valence-electron chi connectivity index (χ0n) is 9.75. The molecule has 0 spiro atoms. The molecule has 4 heteroatoms. The molecule has 0 N–H and O–H groups in total. The Kier molecular flexibility index (Phi) is 4.10. The number of halogens is 2. The van der Waals surface area contributed by atoms with Crippen LogP contribution in [0.2, 0.25) is 5.02 Å². The lowest BCUT2D eigenvalue weighted by atomic mass is 9.75. The summed E-state index contributed by atoms with van der Waals surface area (Å²) in [5.41, 5.74) is 0.417. The molecule has 1 fully saturated rings.